The molecule has 1 saturated carbocycles. The molecule has 100 valence electrons. The number of halogens is 1. The Bertz CT molecular complexity index is 583. The molecule has 1 atom stereocenters. The van der Waals surface area contributed by atoms with Crippen LogP contribution < -0.4 is 5.32 Å². The normalized spacial score (nSPS) is 16.7. The highest BCUT2D eigenvalue weighted by molar-refractivity contribution is 6.35. The fourth-order valence-electron chi connectivity index (χ4n) is 2.34. The summed E-state index contributed by atoms with van der Waals surface area (Å²) in [6.45, 7) is 1.34. The minimum atomic E-state index is -0.216. The third-order valence-corrected chi connectivity index (χ3v) is 3.96. The van der Waals surface area contributed by atoms with E-state index in [2.05, 4.69) is 10.3 Å². The van der Waals surface area contributed by atoms with E-state index in [4.69, 9.17) is 11.6 Å². The van der Waals surface area contributed by atoms with Gasteiger partial charge in [-0.25, -0.2) is 0 Å². The van der Waals surface area contributed by atoms with Crippen LogP contribution in [0.1, 0.15) is 18.4 Å². The van der Waals surface area contributed by atoms with Crippen LogP contribution in [0.4, 0.5) is 0 Å². The first-order chi connectivity index (χ1) is 9.25. The van der Waals surface area contributed by atoms with E-state index in [-0.39, 0.29) is 6.10 Å². The van der Waals surface area contributed by atoms with Crippen LogP contribution in [0.25, 0.3) is 10.9 Å². The molecular formula is C15H17ClN2O. The van der Waals surface area contributed by atoms with Crippen LogP contribution in [-0.2, 0) is 6.54 Å². The lowest BCUT2D eigenvalue weighted by Crippen LogP contribution is -2.27. The van der Waals surface area contributed by atoms with Gasteiger partial charge in [-0.1, -0.05) is 17.7 Å². The predicted octanol–water partition coefficient (Wildman–Crippen LogP) is 2.75. The average molecular weight is 277 g/mol. The molecule has 1 aromatic carbocycles. The fraction of sp³-hybridized carbons (Fsp3) is 0.400. The lowest BCUT2D eigenvalue weighted by molar-refractivity contribution is 0.148. The molecule has 19 heavy (non-hydrogen) atoms. The Balaban J connectivity index is 1.72. The Labute approximate surface area is 117 Å². The number of fused-ring (bicyclic) bond motifs is 1. The van der Waals surface area contributed by atoms with Crippen LogP contribution in [0, 0.1) is 5.92 Å². The molecule has 0 bridgehead atoms. The third-order valence-electron chi connectivity index (χ3n) is 3.64. The minimum Gasteiger partial charge on any atom is -0.392 e. The van der Waals surface area contributed by atoms with Gasteiger partial charge in [0.15, 0.2) is 0 Å². The highest BCUT2D eigenvalue weighted by atomic mass is 35.5. The molecule has 0 saturated heterocycles. The van der Waals surface area contributed by atoms with E-state index in [1.54, 1.807) is 6.20 Å². The maximum atomic E-state index is 9.83. The van der Waals surface area contributed by atoms with Crippen molar-refractivity contribution in [1.29, 1.82) is 0 Å². The van der Waals surface area contributed by atoms with Crippen LogP contribution in [0.2, 0.25) is 5.02 Å². The summed E-state index contributed by atoms with van der Waals surface area (Å²) in [5, 5.41) is 14.8. The second-order valence-corrected chi connectivity index (χ2v) is 5.55. The average Bonchev–Trinajstić information content (AvgIpc) is 3.26. The van der Waals surface area contributed by atoms with Gasteiger partial charge < -0.3 is 10.4 Å². The second-order valence-electron chi connectivity index (χ2n) is 5.14. The topological polar surface area (TPSA) is 45.1 Å². The second kappa shape index (κ2) is 5.45. The van der Waals surface area contributed by atoms with Crippen LogP contribution >= 0.6 is 11.6 Å². The van der Waals surface area contributed by atoms with Crippen molar-refractivity contribution >= 4 is 22.5 Å². The van der Waals surface area contributed by atoms with Crippen molar-refractivity contribution in [1.82, 2.24) is 10.3 Å². The van der Waals surface area contributed by atoms with Crippen LogP contribution in [0.5, 0.6) is 0 Å². The van der Waals surface area contributed by atoms with Gasteiger partial charge in [0.05, 0.1) is 11.6 Å². The molecule has 1 aliphatic carbocycles. The molecule has 0 amide bonds. The van der Waals surface area contributed by atoms with E-state index in [1.165, 1.54) is 0 Å². The van der Waals surface area contributed by atoms with Gasteiger partial charge >= 0.3 is 0 Å². The first kappa shape index (κ1) is 12.9. The first-order valence-electron chi connectivity index (χ1n) is 6.66. The van der Waals surface area contributed by atoms with E-state index in [0.717, 1.165) is 34.3 Å². The van der Waals surface area contributed by atoms with Gasteiger partial charge in [0.2, 0.25) is 0 Å². The fourth-order valence-corrected chi connectivity index (χ4v) is 2.56. The summed E-state index contributed by atoms with van der Waals surface area (Å²) in [5.41, 5.74) is 2.05. The number of benzene rings is 1. The summed E-state index contributed by atoms with van der Waals surface area (Å²) in [7, 11) is 0. The van der Waals surface area contributed by atoms with E-state index >= 15 is 0 Å². The molecule has 0 aliphatic heterocycles. The largest absolute Gasteiger partial charge is 0.392 e. The number of aliphatic hydroxyl groups excluding tert-OH is 1. The number of pyridine rings is 1. The summed E-state index contributed by atoms with van der Waals surface area (Å²) in [6.07, 6.45) is 3.88. The number of nitrogens with one attached hydrogen (secondary N) is 1. The van der Waals surface area contributed by atoms with Crippen molar-refractivity contribution in [3.63, 3.8) is 0 Å². The molecule has 1 aliphatic rings. The third kappa shape index (κ3) is 2.89. The van der Waals surface area contributed by atoms with Crippen LogP contribution in [0.3, 0.4) is 0 Å². The Morgan fingerprint density at radius 2 is 2.21 bits per heavy atom. The SMILES string of the molecule is OC(CNCc1ccc(Cl)c2cccnc12)C1CC1. The zero-order valence-corrected chi connectivity index (χ0v) is 11.4. The smallest absolute Gasteiger partial charge is 0.0761 e. The molecule has 1 heterocycles. The number of nitrogens with zero attached hydrogens (tertiary/aromatic N) is 1. The number of rotatable bonds is 5. The van der Waals surface area contributed by atoms with Crippen LogP contribution in [0.15, 0.2) is 30.5 Å². The zero-order chi connectivity index (χ0) is 13.2. The van der Waals surface area contributed by atoms with Gasteiger partial charge in [-0.3, -0.25) is 4.98 Å². The molecule has 0 radical (unpaired) electrons. The van der Waals surface area contributed by atoms with Crippen LogP contribution in [-0.4, -0.2) is 22.7 Å². The molecule has 1 aromatic heterocycles. The minimum absolute atomic E-state index is 0.216. The molecule has 3 rings (SSSR count). The maximum absolute atomic E-state index is 9.83. The Kier molecular flexibility index (Phi) is 3.69. The zero-order valence-electron chi connectivity index (χ0n) is 10.6. The van der Waals surface area contributed by atoms with Crippen molar-refractivity contribution in [2.75, 3.05) is 6.54 Å². The quantitative estimate of drug-likeness (QED) is 0.883. The first-order valence-corrected chi connectivity index (χ1v) is 7.04. The Hall–Kier alpha value is -1.16. The summed E-state index contributed by atoms with van der Waals surface area (Å²) < 4.78 is 0. The predicted molar refractivity (Wildman–Crippen MR) is 77.2 cm³/mol. The van der Waals surface area contributed by atoms with Gasteiger partial charge in [0.25, 0.3) is 0 Å². The number of hydrogen-bond acceptors (Lipinski definition) is 3. The molecular weight excluding hydrogens is 260 g/mol. The summed E-state index contributed by atoms with van der Waals surface area (Å²) in [5.74, 6) is 0.507. The molecule has 3 nitrogen and oxygen atoms in total. The molecule has 2 N–H and O–H groups in total. The van der Waals surface area contributed by atoms with Crippen molar-refractivity contribution in [3.05, 3.63) is 41.0 Å². The van der Waals surface area contributed by atoms with E-state index in [0.29, 0.717) is 19.0 Å². The molecule has 2 aromatic rings. The summed E-state index contributed by atoms with van der Waals surface area (Å²) in [4.78, 5) is 4.40. The summed E-state index contributed by atoms with van der Waals surface area (Å²) in [6, 6.07) is 7.77. The van der Waals surface area contributed by atoms with Gasteiger partial charge in [-0.2, -0.15) is 0 Å². The number of aliphatic hydroxyl groups is 1. The standard InChI is InChI=1S/C15H17ClN2O/c16-13-6-5-11(15-12(13)2-1-7-18-15)8-17-9-14(19)10-3-4-10/h1-2,5-7,10,14,17,19H,3-4,8-9H2. The van der Waals surface area contributed by atoms with Crippen molar-refractivity contribution in [2.45, 2.75) is 25.5 Å². The highest BCUT2D eigenvalue weighted by Gasteiger charge is 2.29. The highest BCUT2D eigenvalue weighted by Crippen LogP contribution is 2.32. The van der Waals surface area contributed by atoms with Crippen molar-refractivity contribution in [3.8, 4) is 0 Å². The monoisotopic (exact) mass is 276 g/mol. The van der Waals surface area contributed by atoms with E-state index in [1.807, 2.05) is 24.3 Å². The van der Waals surface area contributed by atoms with Crippen molar-refractivity contribution in [2.24, 2.45) is 5.92 Å². The van der Waals surface area contributed by atoms with Gasteiger partial charge in [0, 0.05) is 29.7 Å². The molecule has 0 spiro atoms. The van der Waals surface area contributed by atoms with Gasteiger partial charge in [-0.15, -0.1) is 0 Å². The number of aromatic nitrogens is 1. The number of hydrogen-bond donors (Lipinski definition) is 2. The lowest BCUT2D eigenvalue weighted by atomic mass is 10.1. The maximum Gasteiger partial charge on any atom is 0.0761 e. The van der Waals surface area contributed by atoms with Crippen molar-refractivity contribution < 1.29 is 5.11 Å². The Morgan fingerprint density at radius 1 is 1.37 bits per heavy atom. The van der Waals surface area contributed by atoms with Gasteiger partial charge in [0.1, 0.15) is 0 Å². The van der Waals surface area contributed by atoms with E-state index in [9.17, 15) is 5.11 Å². The van der Waals surface area contributed by atoms with E-state index < -0.39 is 0 Å². The molecule has 4 heteroatoms. The van der Waals surface area contributed by atoms with Gasteiger partial charge in [-0.05, 0) is 42.5 Å². The molecule has 1 fully saturated rings. The Morgan fingerprint density at radius 3 is 3.00 bits per heavy atom. The lowest BCUT2D eigenvalue weighted by Gasteiger charge is -2.12. The molecule has 1 unspecified atom stereocenters. The summed E-state index contributed by atoms with van der Waals surface area (Å²) >= 11 is 6.16.